The van der Waals surface area contributed by atoms with Gasteiger partial charge in [0.2, 0.25) is 17.7 Å². The van der Waals surface area contributed by atoms with Gasteiger partial charge in [0.05, 0.1) is 0 Å². The van der Waals surface area contributed by atoms with Crippen molar-refractivity contribution >= 4 is 17.7 Å². The van der Waals surface area contributed by atoms with Crippen LogP contribution in [-0.2, 0) is 14.4 Å². The smallest absolute Gasteiger partial charge is 0.246 e. The van der Waals surface area contributed by atoms with Crippen LogP contribution in [0.5, 0.6) is 0 Å². The number of unbranched alkanes of at least 4 members (excludes halogenated alkanes) is 4. The van der Waals surface area contributed by atoms with Gasteiger partial charge in [-0.3, -0.25) is 24.8 Å². The molecule has 5 N–H and O–H groups in total. The molecule has 0 fully saturated rings. The van der Waals surface area contributed by atoms with E-state index in [-0.39, 0.29) is 31.2 Å². The predicted octanol–water partition coefficient (Wildman–Crippen LogP) is 1.42. The van der Waals surface area contributed by atoms with Gasteiger partial charge in [0.1, 0.15) is 0 Å². The number of hydroxylamine groups is 4. The van der Waals surface area contributed by atoms with Crippen LogP contribution < -0.4 is 11.1 Å². The van der Waals surface area contributed by atoms with E-state index in [9.17, 15) is 24.8 Å². The summed E-state index contributed by atoms with van der Waals surface area (Å²) in [4.78, 5) is 34.8. The standard InChI is InChI=1S/C18H36N4O5/c1-2-9-17(24)21(26)15-8-4-6-13-20-16(23)10-11-18(25)22(27)14-7-3-5-12-19/h26-27H,2-15,19H2,1H3,(H,20,23). The zero-order valence-electron chi connectivity index (χ0n) is 16.5. The van der Waals surface area contributed by atoms with Crippen molar-refractivity contribution in [1.29, 1.82) is 0 Å². The second-order valence-electron chi connectivity index (χ2n) is 6.54. The molecule has 0 aromatic rings. The van der Waals surface area contributed by atoms with Gasteiger partial charge in [-0.25, -0.2) is 10.1 Å². The van der Waals surface area contributed by atoms with Crippen LogP contribution in [-0.4, -0.2) is 64.4 Å². The fraction of sp³-hybridized carbons (Fsp3) is 0.833. The number of carbonyl (C=O) groups excluding carboxylic acids is 3. The minimum absolute atomic E-state index is 0.0295. The molecule has 0 spiro atoms. The maximum absolute atomic E-state index is 11.7. The largest absolute Gasteiger partial charge is 0.356 e. The van der Waals surface area contributed by atoms with Crippen molar-refractivity contribution in [2.24, 2.45) is 5.73 Å². The molecule has 0 bridgehead atoms. The average Bonchev–Trinajstić information content (AvgIpc) is 2.65. The van der Waals surface area contributed by atoms with Crippen LogP contribution in [0.1, 0.15) is 71.1 Å². The lowest BCUT2D eigenvalue weighted by Crippen LogP contribution is -2.31. The van der Waals surface area contributed by atoms with Crippen LogP contribution in [0.2, 0.25) is 0 Å². The number of nitrogens with two attached hydrogens (primary N) is 1. The van der Waals surface area contributed by atoms with E-state index in [1.807, 2.05) is 6.92 Å². The average molecular weight is 389 g/mol. The van der Waals surface area contributed by atoms with Gasteiger partial charge in [-0.15, -0.1) is 0 Å². The van der Waals surface area contributed by atoms with Gasteiger partial charge < -0.3 is 11.1 Å². The maximum atomic E-state index is 11.7. The highest BCUT2D eigenvalue weighted by Gasteiger charge is 2.12. The highest BCUT2D eigenvalue weighted by Crippen LogP contribution is 2.02. The molecule has 0 saturated carbocycles. The zero-order chi connectivity index (χ0) is 20.5. The molecule has 27 heavy (non-hydrogen) atoms. The van der Waals surface area contributed by atoms with Gasteiger partial charge >= 0.3 is 0 Å². The molecule has 9 nitrogen and oxygen atoms in total. The van der Waals surface area contributed by atoms with Crippen molar-refractivity contribution < 1.29 is 24.8 Å². The van der Waals surface area contributed by atoms with Crippen LogP contribution in [0.15, 0.2) is 0 Å². The first-order valence-corrected chi connectivity index (χ1v) is 9.87. The molecule has 0 atom stereocenters. The number of rotatable bonds is 16. The SMILES string of the molecule is CCCC(=O)N(O)CCCCCNC(=O)CCC(=O)N(O)CCCCCN. The van der Waals surface area contributed by atoms with Gasteiger partial charge in [0.25, 0.3) is 0 Å². The second-order valence-corrected chi connectivity index (χ2v) is 6.54. The lowest BCUT2D eigenvalue weighted by Gasteiger charge is -2.15. The Labute approximate surface area is 161 Å². The Hall–Kier alpha value is -1.71. The summed E-state index contributed by atoms with van der Waals surface area (Å²) in [5, 5.41) is 23.2. The maximum Gasteiger partial charge on any atom is 0.246 e. The summed E-state index contributed by atoms with van der Waals surface area (Å²) >= 11 is 0. The monoisotopic (exact) mass is 388 g/mol. The van der Waals surface area contributed by atoms with Crippen LogP contribution in [0.3, 0.4) is 0 Å². The lowest BCUT2D eigenvalue weighted by molar-refractivity contribution is -0.166. The van der Waals surface area contributed by atoms with Crippen molar-refractivity contribution in [1.82, 2.24) is 15.4 Å². The molecule has 0 unspecified atom stereocenters. The Balaban J connectivity index is 3.65. The molecular weight excluding hydrogens is 352 g/mol. The first kappa shape index (κ1) is 25.3. The molecule has 3 amide bonds. The molecule has 0 aliphatic rings. The molecule has 0 aliphatic carbocycles. The van der Waals surface area contributed by atoms with Crippen LogP contribution in [0, 0.1) is 0 Å². The van der Waals surface area contributed by atoms with E-state index >= 15 is 0 Å². The molecular formula is C18H36N4O5. The van der Waals surface area contributed by atoms with Crippen molar-refractivity contribution in [2.45, 2.75) is 71.1 Å². The first-order chi connectivity index (χ1) is 12.9. The normalized spacial score (nSPS) is 10.5. The molecule has 0 heterocycles. The second kappa shape index (κ2) is 16.5. The van der Waals surface area contributed by atoms with E-state index in [2.05, 4.69) is 5.32 Å². The third-order valence-electron chi connectivity index (χ3n) is 4.05. The topological polar surface area (TPSA) is 136 Å². The van der Waals surface area contributed by atoms with E-state index in [1.165, 1.54) is 0 Å². The molecule has 9 heteroatoms. The number of hydrogen-bond acceptors (Lipinski definition) is 6. The van der Waals surface area contributed by atoms with Gasteiger partial charge in [-0.1, -0.05) is 13.3 Å². The van der Waals surface area contributed by atoms with E-state index in [4.69, 9.17) is 5.73 Å². The summed E-state index contributed by atoms with van der Waals surface area (Å²) in [7, 11) is 0. The van der Waals surface area contributed by atoms with Crippen LogP contribution >= 0.6 is 0 Å². The lowest BCUT2D eigenvalue weighted by atomic mass is 10.2. The third kappa shape index (κ3) is 14.1. The van der Waals surface area contributed by atoms with Crippen molar-refractivity contribution in [3.63, 3.8) is 0 Å². The van der Waals surface area contributed by atoms with Crippen LogP contribution in [0.25, 0.3) is 0 Å². The number of nitrogens with one attached hydrogen (secondary N) is 1. The number of amides is 3. The first-order valence-electron chi connectivity index (χ1n) is 9.87. The third-order valence-corrected chi connectivity index (χ3v) is 4.05. The van der Waals surface area contributed by atoms with Gasteiger partial charge in [0, 0.05) is 38.9 Å². The Morgan fingerprint density at radius 1 is 0.815 bits per heavy atom. The molecule has 0 aliphatic heterocycles. The number of hydrogen-bond donors (Lipinski definition) is 4. The van der Waals surface area contributed by atoms with E-state index < -0.39 is 5.91 Å². The Morgan fingerprint density at radius 2 is 1.37 bits per heavy atom. The number of carbonyl (C=O) groups is 3. The van der Waals surface area contributed by atoms with Crippen molar-refractivity contribution in [3.8, 4) is 0 Å². The van der Waals surface area contributed by atoms with Gasteiger partial charge in [0.15, 0.2) is 0 Å². The highest BCUT2D eigenvalue weighted by atomic mass is 16.5. The molecule has 0 saturated heterocycles. The highest BCUT2D eigenvalue weighted by molar-refractivity contribution is 5.83. The summed E-state index contributed by atoms with van der Waals surface area (Å²) < 4.78 is 0. The van der Waals surface area contributed by atoms with Crippen LogP contribution in [0.4, 0.5) is 0 Å². The van der Waals surface area contributed by atoms with Gasteiger partial charge in [-0.05, 0) is 45.1 Å². The predicted molar refractivity (Wildman–Crippen MR) is 101 cm³/mol. The summed E-state index contributed by atoms with van der Waals surface area (Å²) in [6.07, 6.45) is 5.58. The van der Waals surface area contributed by atoms with Gasteiger partial charge in [-0.2, -0.15) is 0 Å². The van der Waals surface area contributed by atoms with Crippen molar-refractivity contribution in [2.75, 3.05) is 26.2 Å². The Morgan fingerprint density at radius 3 is 1.93 bits per heavy atom. The summed E-state index contributed by atoms with van der Waals surface area (Å²) in [6.45, 7) is 3.49. The Bertz CT molecular complexity index is 434. The fourth-order valence-electron chi connectivity index (χ4n) is 2.40. The van der Waals surface area contributed by atoms with E-state index in [1.54, 1.807) is 0 Å². The minimum atomic E-state index is -0.460. The molecule has 0 rings (SSSR count). The number of nitrogens with zero attached hydrogens (tertiary/aromatic N) is 2. The summed E-state index contributed by atoms with van der Waals surface area (Å²) in [6, 6.07) is 0. The minimum Gasteiger partial charge on any atom is -0.356 e. The molecule has 158 valence electrons. The Kier molecular flexibility index (Phi) is 15.4. The fourth-order valence-corrected chi connectivity index (χ4v) is 2.40. The summed E-state index contributed by atoms with van der Waals surface area (Å²) in [5.41, 5.74) is 5.37. The van der Waals surface area contributed by atoms with Crippen molar-refractivity contribution in [3.05, 3.63) is 0 Å². The quantitative estimate of drug-likeness (QED) is 0.179. The molecule has 0 radical (unpaired) electrons. The summed E-state index contributed by atoms with van der Waals surface area (Å²) in [5.74, 6) is -0.966. The molecule has 0 aromatic carbocycles. The van der Waals surface area contributed by atoms with E-state index in [0.29, 0.717) is 50.4 Å². The zero-order valence-corrected chi connectivity index (χ0v) is 16.5. The van der Waals surface area contributed by atoms with E-state index in [0.717, 1.165) is 30.7 Å². The molecule has 0 aromatic heterocycles.